The van der Waals surface area contributed by atoms with E-state index in [0.29, 0.717) is 6.42 Å². The molecule has 438 valence electrons. The minimum atomic E-state index is -1.98. The highest BCUT2D eigenvalue weighted by molar-refractivity contribution is 5.76. The molecule has 19 heteroatoms. The van der Waals surface area contributed by atoms with Crippen molar-refractivity contribution < 1.29 is 89.4 Å². The van der Waals surface area contributed by atoms with Crippen LogP contribution < -0.4 is 5.32 Å². The SMILES string of the molecule is CCCCCC/C=C\C/C=C\CCCCCCCCCC(=O)NC(COC1OC(CO)C(OC2OC(CO)C(OC3OC(CO)C(O)C(O)C3O)C(O)C2O)C(O)C1O)C(O)/C=C/CCCCCCCCCCCC. The molecular formula is C56H101NO18. The van der Waals surface area contributed by atoms with Crippen molar-refractivity contribution in [3.8, 4) is 0 Å². The van der Waals surface area contributed by atoms with Gasteiger partial charge in [-0.3, -0.25) is 4.79 Å². The maximum Gasteiger partial charge on any atom is 0.220 e. The first-order chi connectivity index (χ1) is 36.3. The standard InChI is InChI=1S/C56H101NO18/c1-3-5-7-9-11-13-15-17-18-19-20-21-22-24-26-28-30-32-34-44(62)57-39(40(61)33-31-29-27-25-23-16-14-12-10-8-6-4-2)38-70-54-50(68)47(65)52(42(36-59)72-54)75-56-51(69)48(66)53(43(37-60)73-56)74-55-49(67)46(64)45(63)41(35-58)71-55/h13,15,18-19,31,33,39-43,45-56,58-61,63-69H,3-12,14,16-17,20-30,32,34-38H2,1-2H3,(H,57,62)/b15-13-,19-18-,33-31+. The number of carbonyl (C=O) groups excluding carboxylic acids is 1. The second-order valence-electron chi connectivity index (χ2n) is 20.8. The van der Waals surface area contributed by atoms with Crippen LogP contribution in [-0.4, -0.2) is 193 Å². The quantitative estimate of drug-likeness (QED) is 0.0302. The minimum Gasteiger partial charge on any atom is -0.394 e. The summed E-state index contributed by atoms with van der Waals surface area (Å²) in [7, 11) is 0. The van der Waals surface area contributed by atoms with Crippen LogP contribution in [0.15, 0.2) is 36.5 Å². The number of amides is 1. The molecule has 3 rings (SSSR count). The maximum absolute atomic E-state index is 13.3. The number of aliphatic hydroxyl groups is 11. The van der Waals surface area contributed by atoms with Crippen LogP contribution in [0.1, 0.15) is 181 Å². The van der Waals surface area contributed by atoms with E-state index in [1.54, 1.807) is 6.08 Å². The van der Waals surface area contributed by atoms with E-state index < -0.39 is 124 Å². The van der Waals surface area contributed by atoms with Crippen molar-refractivity contribution in [2.75, 3.05) is 26.4 Å². The average molecular weight is 1080 g/mol. The van der Waals surface area contributed by atoms with E-state index in [1.165, 1.54) is 70.6 Å². The van der Waals surface area contributed by atoms with Gasteiger partial charge in [0.05, 0.1) is 38.6 Å². The lowest BCUT2D eigenvalue weighted by atomic mass is 9.96. The molecule has 0 aromatic carbocycles. The van der Waals surface area contributed by atoms with Crippen molar-refractivity contribution in [1.82, 2.24) is 5.32 Å². The fourth-order valence-electron chi connectivity index (χ4n) is 9.63. The van der Waals surface area contributed by atoms with Gasteiger partial charge in [-0.15, -0.1) is 0 Å². The second kappa shape index (κ2) is 40.2. The van der Waals surface area contributed by atoms with Gasteiger partial charge in [-0.05, 0) is 51.4 Å². The van der Waals surface area contributed by atoms with E-state index in [1.807, 2.05) is 6.08 Å². The molecular weight excluding hydrogens is 975 g/mol. The van der Waals surface area contributed by atoms with E-state index in [4.69, 9.17) is 28.4 Å². The number of nitrogens with one attached hydrogen (secondary N) is 1. The Balaban J connectivity index is 1.52. The lowest BCUT2D eigenvalue weighted by molar-refractivity contribution is -0.379. The third-order valence-electron chi connectivity index (χ3n) is 14.4. The van der Waals surface area contributed by atoms with Crippen LogP contribution in [0.3, 0.4) is 0 Å². The summed E-state index contributed by atoms with van der Waals surface area (Å²) >= 11 is 0. The molecule has 0 radical (unpaired) electrons. The number of ether oxygens (including phenoxy) is 6. The van der Waals surface area contributed by atoms with Crippen LogP contribution in [0.2, 0.25) is 0 Å². The van der Waals surface area contributed by atoms with E-state index in [9.17, 15) is 61.0 Å². The Morgan fingerprint density at radius 3 is 1.37 bits per heavy atom. The van der Waals surface area contributed by atoms with Crippen molar-refractivity contribution in [3.05, 3.63) is 36.5 Å². The summed E-state index contributed by atoms with van der Waals surface area (Å²) in [4.78, 5) is 13.3. The van der Waals surface area contributed by atoms with E-state index in [0.717, 1.165) is 83.5 Å². The molecule has 0 saturated carbocycles. The number of hydrogen-bond acceptors (Lipinski definition) is 18. The smallest absolute Gasteiger partial charge is 0.220 e. The first-order valence-electron chi connectivity index (χ1n) is 28.7. The summed E-state index contributed by atoms with van der Waals surface area (Å²) < 4.78 is 34.2. The molecule has 0 aromatic rings. The van der Waals surface area contributed by atoms with Crippen LogP contribution in [0.25, 0.3) is 0 Å². The van der Waals surface area contributed by atoms with Gasteiger partial charge in [0.2, 0.25) is 5.91 Å². The van der Waals surface area contributed by atoms with Crippen LogP contribution >= 0.6 is 0 Å². The zero-order chi connectivity index (χ0) is 54.8. The second-order valence-corrected chi connectivity index (χ2v) is 20.8. The van der Waals surface area contributed by atoms with Gasteiger partial charge in [0, 0.05) is 6.42 Å². The Labute approximate surface area is 447 Å². The van der Waals surface area contributed by atoms with Crippen LogP contribution in [0, 0.1) is 0 Å². The van der Waals surface area contributed by atoms with Crippen molar-refractivity contribution in [3.63, 3.8) is 0 Å². The molecule has 19 nitrogen and oxygen atoms in total. The molecule has 0 spiro atoms. The predicted octanol–water partition coefficient (Wildman–Crippen LogP) is 4.15. The van der Waals surface area contributed by atoms with E-state index >= 15 is 0 Å². The molecule has 3 saturated heterocycles. The molecule has 3 aliphatic heterocycles. The lowest BCUT2D eigenvalue weighted by Crippen LogP contribution is -2.66. The first-order valence-corrected chi connectivity index (χ1v) is 28.7. The summed E-state index contributed by atoms with van der Waals surface area (Å²) in [5, 5.41) is 120. The van der Waals surface area contributed by atoms with Gasteiger partial charge in [-0.2, -0.15) is 0 Å². The molecule has 17 unspecified atom stereocenters. The van der Waals surface area contributed by atoms with Crippen molar-refractivity contribution in [2.45, 2.75) is 285 Å². The molecule has 0 aliphatic carbocycles. The van der Waals surface area contributed by atoms with Gasteiger partial charge >= 0.3 is 0 Å². The van der Waals surface area contributed by atoms with Gasteiger partial charge in [-0.25, -0.2) is 0 Å². The Hall–Kier alpha value is -1.99. The Kier molecular flexibility index (Phi) is 36.1. The van der Waals surface area contributed by atoms with Crippen LogP contribution in [0.5, 0.6) is 0 Å². The predicted molar refractivity (Wildman–Crippen MR) is 282 cm³/mol. The molecule has 0 bridgehead atoms. The number of aliphatic hydroxyl groups excluding tert-OH is 11. The summed E-state index contributed by atoms with van der Waals surface area (Å²) in [6.45, 7) is 1.67. The number of allylic oxidation sites excluding steroid dienone is 5. The zero-order valence-corrected chi connectivity index (χ0v) is 45.3. The third-order valence-corrected chi connectivity index (χ3v) is 14.4. The summed E-state index contributed by atoms with van der Waals surface area (Å²) in [6, 6.07) is -0.975. The average Bonchev–Trinajstić information content (AvgIpc) is 3.41. The minimum absolute atomic E-state index is 0.234. The maximum atomic E-state index is 13.3. The Bertz CT molecular complexity index is 1520. The topological polar surface area (TPSA) is 307 Å². The molecule has 1 amide bonds. The monoisotopic (exact) mass is 1080 g/mol. The summed E-state index contributed by atoms with van der Waals surface area (Å²) in [6.07, 6.45) is 14.1. The lowest BCUT2D eigenvalue weighted by Gasteiger charge is -2.48. The molecule has 17 atom stereocenters. The highest BCUT2D eigenvalue weighted by Crippen LogP contribution is 2.33. The normalized spacial score (nSPS) is 31.5. The summed E-state index contributed by atoms with van der Waals surface area (Å²) in [5.41, 5.74) is 0. The molecule has 3 fully saturated rings. The van der Waals surface area contributed by atoms with Gasteiger partial charge in [0.25, 0.3) is 0 Å². The van der Waals surface area contributed by atoms with Crippen LogP contribution in [-0.2, 0) is 33.2 Å². The molecule has 3 aliphatic rings. The fourth-order valence-corrected chi connectivity index (χ4v) is 9.63. The van der Waals surface area contributed by atoms with E-state index in [-0.39, 0.29) is 18.9 Å². The molecule has 3 heterocycles. The Morgan fingerprint density at radius 2 is 0.880 bits per heavy atom. The zero-order valence-electron chi connectivity index (χ0n) is 45.3. The van der Waals surface area contributed by atoms with Crippen molar-refractivity contribution in [1.29, 1.82) is 0 Å². The number of rotatable bonds is 41. The fraction of sp³-hybridized carbons (Fsp3) is 0.875. The van der Waals surface area contributed by atoms with Gasteiger partial charge in [-0.1, -0.05) is 159 Å². The highest BCUT2D eigenvalue weighted by Gasteiger charge is 2.53. The van der Waals surface area contributed by atoms with Gasteiger partial charge in [0.15, 0.2) is 18.9 Å². The number of unbranched alkanes of at least 4 members (excludes halogenated alkanes) is 21. The van der Waals surface area contributed by atoms with Crippen molar-refractivity contribution >= 4 is 5.91 Å². The van der Waals surface area contributed by atoms with Gasteiger partial charge in [0.1, 0.15) is 73.2 Å². The number of hydrogen-bond donors (Lipinski definition) is 12. The highest BCUT2D eigenvalue weighted by atomic mass is 16.8. The van der Waals surface area contributed by atoms with E-state index in [2.05, 4.69) is 43.5 Å². The molecule has 75 heavy (non-hydrogen) atoms. The Morgan fingerprint density at radius 1 is 0.480 bits per heavy atom. The molecule has 0 aromatic heterocycles. The first kappa shape index (κ1) is 67.3. The largest absolute Gasteiger partial charge is 0.394 e. The number of carbonyl (C=O) groups is 1. The summed E-state index contributed by atoms with van der Waals surface area (Å²) in [5.74, 6) is -0.286. The van der Waals surface area contributed by atoms with Crippen molar-refractivity contribution in [2.24, 2.45) is 0 Å². The third kappa shape index (κ3) is 24.9. The van der Waals surface area contributed by atoms with Gasteiger partial charge < -0.3 is 89.9 Å². The van der Waals surface area contributed by atoms with Crippen LogP contribution in [0.4, 0.5) is 0 Å². The molecule has 12 N–H and O–H groups in total.